The molecule has 0 aliphatic carbocycles. The molecule has 0 fully saturated rings. The molecule has 1 unspecified atom stereocenters. The molecule has 0 aliphatic rings. The Bertz CT molecular complexity index is 710. The molecule has 132 valence electrons. The molecule has 4 heteroatoms. The fraction of sp³-hybridized carbons (Fsp3) is 0.333. The van der Waals surface area contributed by atoms with Crippen LogP contribution in [0.2, 0.25) is 0 Å². The van der Waals surface area contributed by atoms with Crippen LogP contribution in [0.15, 0.2) is 54.6 Å². The lowest BCUT2D eigenvalue weighted by molar-refractivity contribution is -0.124. The van der Waals surface area contributed by atoms with Crippen LogP contribution >= 0.6 is 0 Å². The van der Waals surface area contributed by atoms with Gasteiger partial charge in [0.2, 0.25) is 0 Å². The zero-order valence-corrected chi connectivity index (χ0v) is 15.0. The summed E-state index contributed by atoms with van der Waals surface area (Å²) in [5.41, 5.74) is 1.66. The predicted molar refractivity (Wildman–Crippen MR) is 98.7 cm³/mol. The first-order chi connectivity index (χ1) is 12.0. The molecular weight excluding hydrogens is 314 g/mol. The van der Waals surface area contributed by atoms with Gasteiger partial charge < -0.3 is 10.1 Å². The van der Waals surface area contributed by atoms with Gasteiger partial charge in [0.25, 0.3) is 5.91 Å². The van der Waals surface area contributed by atoms with Gasteiger partial charge in [0.1, 0.15) is 5.75 Å². The lowest BCUT2D eigenvalue weighted by Crippen LogP contribution is -2.33. The average molecular weight is 339 g/mol. The van der Waals surface area contributed by atoms with Crippen molar-refractivity contribution in [3.63, 3.8) is 0 Å². The highest BCUT2D eigenvalue weighted by atomic mass is 16.5. The van der Waals surface area contributed by atoms with Gasteiger partial charge in [0, 0.05) is 5.56 Å². The summed E-state index contributed by atoms with van der Waals surface area (Å²) in [7, 11) is 0. The molecule has 1 atom stereocenters. The molecule has 0 bridgehead atoms. The maximum absolute atomic E-state index is 12.3. The number of benzene rings is 2. The molecule has 0 radical (unpaired) electrons. The quantitative estimate of drug-likeness (QED) is 0.734. The Morgan fingerprint density at radius 3 is 2.40 bits per heavy atom. The number of amides is 1. The molecule has 0 heterocycles. The number of ether oxygens (including phenoxy) is 1. The molecule has 2 rings (SSSR count). The van der Waals surface area contributed by atoms with E-state index in [0.717, 1.165) is 12.0 Å². The Kier molecular flexibility index (Phi) is 6.75. The van der Waals surface area contributed by atoms with Crippen LogP contribution in [-0.2, 0) is 4.79 Å². The van der Waals surface area contributed by atoms with E-state index in [1.165, 1.54) is 6.92 Å². The molecule has 2 aromatic rings. The van der Waals surface area contributed by atoms with E-state index < -0.39 is 0 Å². The van der Waals surface area contributed by atoms with Crippen molar-refractivity contribution in [3.05, 3.63) is 65.7 Å². The van der Waals surface area contributed by atoms with E-state index in [1.807, 2.05) is 30.3 Å². The summed E-state index contributed by atoms with van der Waals surface area (Å²) >= 11 is 0. The normalized spacial score (nSPS) is 11.8. The van der Waals surface area contributed by atoms with Crippen LogP contribution in [0.5, 0.6) is 5.75 Å². The van der Waals surface area contributed by atoms with Gasteiger partial charge in [-0.3, -0.25) is 9.59 Å². The second-order valence-electron chi connectivity index (χ2n) is 6.53. The van der Waals surface area contributed by atoms with Gasteiger partial charge in [0.15, 0.2) is 12.4 Å². The number of Topliss-reactive ketones (excluding diaryl/α,β-unsaturated/α-hetero) is 1. The summed E-state index contributed by atoms with van der Waals surface area (Å²) in [6.07, 6.45) is 0.857. The summed E-state index contributed by atoms with van der Waals surface area (Å²) in [5, 5.41) is 3.04. The number of carbonyl (C=O) groups is 2. The first-order valence-corrected chi connectivity index (χ1v) is 8.54. The van der Waals surface area contributed by atoms with Gasteiger partial charge in [-0.25, -0.2) is 0 Å². The molecule has 0 saturated carbocycles. The van der Waals surface area contributed by atoms with Crippen molar-refractivity contribution in [1.82, 2.24) is 5.32 Å². The standard InChI is InChI=1S/C21H25NO3/c1-15(2)12-20(17-8-5-4-6-9-17)22-21(24)14-25-19-11-7-10-18(13-19)16(3)23/h4-11,13,15,20H,12,14H2,1-3H3,(H,22,24). The molecule has 25 heavy (non-hydrogen) atoms. The lowest BCUT2D eigenvalue weighted by atomic mass is 9.97. The minimum Gasteiger partial charge on any atom is -0.484 e. The first-order valence-electron chi connectivity index (χ1n) is 8.54. The van der Waals surface area contributed by atoms with Crippen LogP contribution in [-0.4, -0.2) is 18.3 Å². The molecule has 0 aliphatic heterocycles. The van der Waals surface area contributed by atoms with Gasteiger partial charge in [-0.05, 0) is 37.0 Å². The monoisotopic (exact) mass is 339 g/mol. The summed E-state index contributed by atoms with van der Waals surface area (Å²) in [4.78, 5) is 23.7. The molecule has 1 amide bonds. The minimum atomic E-state index is -0.178. The third-order valence-corrected chi connectivity index (χ3v) is 3.85. The van der Waals surface area contributed by atoms with Crippen molar-refractivity contribution in [2.75, 3.05) is 6.61 Å². The first kappa shape index (κ1) is 18.7. The molecule has 1 N–H and O–H groups in total. The third kappa shape index (κ3) is 6.07. The van der Waals surface area contributed by atoms with Crippen LogP contribution < -0.4 is 10.1 Å². The van der Waals surface area contributed by atoms with Crippen LogP contribution in [0.25, 0.3) is 0 Å². The van der Waals surface area contributed by atoms with Crippen LogP contribution in [0.3, 0.4) is 0 Å². The van der Waals surface area contributed by atoms with Crippen molar-refractivity contribution < 1.29 is 14.3 Å². The van der Waals surface area contributed by atoms with E-state index in [2.05, 4.69) is 19.2 Å². The van der Waals surface area contributed by atoms with Gasteiger partial charge in [-0.1, -0.05) is 56.3 Å². The molecule has 0 spiro atoms. The average Bonchev–Trinajstić information content (AvgIpc) is 2.60. The second kappa shape index (κ2) is 9.02. The summed E-state index contributed by atoms with van der Waals surface area (Å²) in [6, 6.07) is 16.8. The van der Waals surface area contributed by atoms with Gasteiger partial charge in [-0.15, -0.1) is 0 Å². The number of rotatable bonds is 8. The molecule has 0 saturated heterocycles. The van der Waals surface area contributed by atoms with E-state index >= 15 is 0 Å². The maximum Gasteiger partial charge on any atom is 0.258 e. The topological polar surface area (TPSA) is 55.4 Å². The van der Waals surface area contributed by atoms with Crippen molar-refractivity contribution in [1.29, 1.82) is 0 Å². The molecule has 2 aromatic carbocycles. The largest absolute Gasteiger partial charge is 0.484 e. The maximum atomic E-state index is 12.3. The smallest absolute Gasteiger partial charge is 0.258 e. The van der Waals surface area contributed by atoms with E-state index in [4.69, 9.17) is 4.74 Å². The van der Waals surface area contributed by atoms with Gasteiger partial charge in [0.05, 0.1) is 6.04 Å². The van der Waals surface area contributed by atoms with Crippen molar-refractivity contribution >= 4 is 11.7 Å². The summed E-state index contributed by atoms with van der Waals surface area (Å²) < 4.78 is 5.54. The zero-order chi connectivity index (χ0) is 18.2. The van der Waals surface area contributed by atoms with E-state index in [-0.39, 0.29) is 24.3 Å². The number of ketones is 1. The highest BCUT2D eigenvalue weighted by molar-refractivity contribution is 5.94. The van der Waals surface area contributed by atoms with E-state index in [0.29, 0.717) is 17.2 Å². The fourth-order valence-electron chi connectivity index (χ4n) is 2.62. The van der Waals surface area contributed by atoms with E-state index in [9.17, 15) is 9.59 Å². The number of nitrogens with one attached hydrogen (secondary N) is 1. The number of hydrogen-bond acceptors (Lipinski definition) is 3. The van der Waals surface area contributed by atoms with Crippen LogP contribution in [0.4, 0.5) is 0 Å². The van der Waals surface area contributed by atoms with E-state index in [1.54, 1.807) is 24.3 Å². The summed E-state index contributed by atoms with van der Waals surface area (Å²) in [5.74, 6) is 0.764. The molecule has 4 nitrogen and oxygen atoms in total. The Labute approximate surface area is 149 Å². The Balaban J connectivity index is 1.97. The van der Waals surface area contributed by atoms with Crippen LogP contribution in [0, 0.1) is 5.92 Å². The van der Waals surface area contributed by atoms with Crippen molar-refractivity contribution in [2.24, 2.45) is 5.92 Å². The van der Waals surface area contributed by atoms with Gasteiger partial charge >= 0.3 is 0 Å². The SMILES string of the molecule is CC(=O)c1cccc(OCC(=O)NC(CC(C)C)c2ccccc2)c1. The predicted octanol–water partition coefficient (Wildman–Crippen LogP) is 4.17. The Morgan fingerprint density at radius 2 is 1.76 bits per heavy atom. The minimum absolute atomic E-state index is 0.0315. The highest BCUT2D eigenvalue weighted by Gasteiger charge is 2.16. The zero-order valence-electron chi connectivity index (χ0n) is 15.0. The summed E-state index contributed by atoms with van der Waals surface area (Å²) in [6.45, 7) is 5.68. The number of carbonyl (C=O) groups excluding carboxylic acids is 2. The Hall–Kier alpha value is -2.62. The molecular formula is C21H25NO3. The van der Waals surface area contributed by atoms with Crippen LogP contribution in [0.1, 0.15) is 49.2 Å². The number of hydrogen-bond donors (Lipinski definition) is 1. The molecule has 0 aromatic heterocycles. The second-order valence-corrected chi connectivity index (χ2v) is 6.53. The third-order valence-electron chi connectivity index (χ3n) is 3.85. The lowest BCUT2D eigenvalue weighted by Gasteiger charge is -2.21. The fourth-order valence-corrected chi connectivity index (χ4v) is 2.62. The van der Waals surface area contributed by atoms with Crippen molar-refractivity contribution in [2.45, 2.75) is 33.2 Å². The van der Waals surface area contributed by atoms with Crippen molar-refractivity contribution in [3.8, 4) is 5.75 Å². The Morgan fingerprint density at radius 1 is 1.04 bits per heavy atom. The highest BCUT2D eigenvalue weighted by Crippen LogP contribution is 2.21. The van der Waals surface area contributed by atoms with Gasteiger partial charge in [-0.2, -0.15) is 0 Å².